The third-order valence-corrected chi connectivity index (χ3v) is 3.21. The van der Waals surface area contributed by atoms with Gasteiger partial charge in [-0.2, -0.15) is 8.42 Å². The first-order valence-electron chi connectivity index (χ1n) is 5.06. The lowest BCUT2D eigenvalue weighted by atomic mass is 10.1. The van der Waals surface area contributed by atoms with Crippen LogP contribution in [0, 0.1) is 0 Å². The number of carbonyl (C=O) groups is 1. The molecule has 0 atom stereocenters. The van der Waals surface area contributed by atoms with Crippen molar-refractivity contribution < 1.29 is 22.5 Å². The maximum absolute atomic E-state index is 11.0. The zero-order chi connectivity index (χ0) is 13.3. The summed E-state index contributed by atoms with van der Waals surface area (Å²) in [7, 11) is -4.24. The number of rotatable bonds is 2. The smallest absolute Gasteiger partial charge is 0.308 e. The summed E-state index contributed by atoms with van der Waals surface area (Å²) in [5.74, 6) is -0.108. The first-order valence-corrected chi connectivity index (χ1v) is 6.50. The number of fused-ring (bicyclic) bond motifs is 1. The van der Waals surface area contributed by atoms with Crippen LogP contribution in [-0.4, -0.2) is 18.9 Å². The van der Waals surface area contributed by atoms with Gasteiger partial charge in [-0.15, -0.1) is 0 Å². The standard InChI is InChI=1S/C12H10O5S/c1-8(13)17-12-4-2-3-9-7-10(18(14,15)16)5-6-11(9)12/h2-7H,1H3,(H,14,15,16). The summed E-state index contributed by atoms with van der Waals surface area (Å²) < 4.78 is 36.0. The van der Waals surface area contributed by atoms with Crippen molar-refractivity contribution in [3.8, 4) is 5.75 Å². The van der Waals surface area contributed by atoms with Crippen molar-refractivity contribution in [2.24, 2.45) is 0 Å². The Hall–Kier alpha value is -1.92. The van der Waals surface area contributed by atoms with E-state index in [4.69, 9.17) is 9.29 Å². The number of hydrogen-bond donors (Lipinski definition) is 1. The monoisotopic (exact) mass is 266 g/mol. The fourth-order valence-electron chi connectivity index (χ4n) is 1.64. The second-order valence-electron chi connectivity index (χ2n) is 3.71. The predicted molar refractivity (Wildman–Crippen MR) is 65.1 cm³/mol. The van der Waals surface area contributed by atoms with Crippen LogP contribution in [0.1, 0.15) is 6.92 Å². The third-order valence-electron chi connectivity index (χ3n) is 2.36. The Kier molecular flexibility index (Phi) is 3.06. The van der Waals surface area contributed by atoms with E-state index in [-0.39, 0.29) is 4.90 Å². The number of ether oxygens (including phenoxy) is 1. The van der Waals surface area contributed by atoms with E-state index in [9.17, 15) is 13.2 Å². The van der Waals surface area contributed by atoms with Gasteiger partial charge in [0.2, 0.25) is 0 Å². The molecule has 0 bridgehead atoms. The lowest BCUT2D eigenvalue weighted by Gasteiger charge is -2.06. The van der Waals surface area contributed by atoms with Gasteiger partial charge in [-0.25, -0.2) is 0 Å². The zero-order valence-corrected chi connectivity index (χ0v) is 10.3. The van der Waals surface area contributed by atoms with Crippen LogP contribution in [0.5, 0.6) is 5.75 Å². The minimum absolute atomic E-state index is 0.199. The highest BCUT2D eigenvalue weighted by Gasteiger charge is 2.11. The summed E-state index contributed by atoms with van der Waals surface area (Å²) in [6.45, 7) is 1.28. The van der Waals surface area contributed by atoms with E-state index in [1.165, 1.54) is 25.1 Å². The third kappa shape index (κ3) is 2.49. The Bertz CT molecular complexity index is 718. The summed E-state index contributed by atoms with van der Waals surface area (Å²) in [4.78, 5) is 10.7. The molecule has 0 saturated heterocycles. The molecule has 0 aliphatic carbocycles. The fourth-order valence-corrected chi connectivity index (χ4v) is 2.15. The minimum Gasteiger partial charge on any atom is -0.426 e. The van der Waals surface area contributed by atoms with Gasteiger partial charge < -0.3 is 4.74 Å². The van der Waals surface area contributed by atoms with Crippen LogP contribution in [0.15, 0.2) is 41.3 Å². The second-order valence-corrected chi connectivity index (χ2v) is 5.13. The molecule has 6 heteroatoms. The molecule has 0 aromatic heterocycles. The minimum atomic E-state index is -4.24. The molecule has 94 valence electrons. The predicted octanol–water partition coefficient (Wildman–Crippen LogP) is 2.01. The van der Waals surface area contributed by atoms with Gasteiger partial charge in [-0.1, -0.05) is 12.1 Å². The van der Waals surface area contributed by atoms with Gasteiger partial charge in [0.25, 0.3) is 10.1 Å². The number of hydrogen-bond acceptors (Lipinski definition) is 4. The van der Waals surface area contributed by atoms with Gasteiger partial charge in [0, 0.05) is 12.3 Å². The van der Waals surface area contributed by atoms with E-state index in [0.717, 1.165) is 0 Å². The van der Waals surface area contributed by atoms with Crippen LogP contribution in [0.4, 0.5) is 0 Å². The van der Waals surface area contributed by atoms with Gasteiger partial charge in [0.1, 0.15) is 5.75 Å². The van der Waals surface area contributed by atoms with Gasteiger partial charge in [0.15, 0.2) is 0 Å². The van der Waals surface area contributed by atoms with Crippen molar-refractivity contribution in [2.75, 3.05) is 0 Å². The number of carbonyl (C=O) groups excluding carboxylic acids is 1. The van der Waals surface area contributed by atoms with Crippen molar-refractivity contribution in [3.63, 3.8) is 0 Å². The first-order chi connectivity index (χ1) is 8.38. The van der Waals surface area contributed by atoms with Crippen LogP contribution < -0.4 is 4.74 Å². The molecular weight excluding hydrogens is 256 g/mol. The molecule has 1 N–H and O–H groups in total. The molecule has 0 unspecified atom stereocenters. The van der Waals surface area contributed by atoms with Crippen molar-refractivity contribution in [1.29, 1.82) is 0 Å². The average Bonchev–Trinajstić information content (AvgIpc) is 2.27. The van der Waals surface area contributed by atoms with Crippen molar-refractivity contribution in [3.05, 3.63) is 36.4 Å². The average molecular weight is 266 g/mol. The van der Waals surface area contributed by atoms with E-state index in [0.29, 0.717) is 16.5 Å². The van der Waals surface area contributed by atoms with Crippen molar-refractivity contribution >= 4 is 26.9 Å². The molecule has 0 aliphatic heterocycles. The van der Waals surface area contributed by atoms with Crippen LogP contribution in [0.2, 0.25) is 0 Å². The topological polar surface area (TPSA) is 80.7 Å². The van der Waals surface area contributed by atoms with E-state index in [1.54, 1.807) is 18.2 Å². The first kappa shape index (κ1) is 12.5. The molecular formula is C12H10O5S. The molecule has 0 amide bonds. The Morgan fingerprint density at radius 1 is 1.22 bits per heavy atom. The maximum atomic E-state index is 11.0. The molecule has 0 aliphatic rings. The normalized spacial score (nSPS) is 11.4. The van der Waals surface area contributed by atoms with Crippen LogP contribution in [-0.2, 0) is 14.9 Å². The van der Waals surface area contributed by atoms with Gasteiger partial charge in [-0.05, 0) is 29.7 Å². The van der Waals surface area contributed by atoms with Gasteiger partial charge in [-0.3, -0.25) is 9.35 Å². The molecule has 18 heavy (non-hydrogen) atoms. The molecule has 2 aromatic rings. The van der Waals surface area contributed by atoms with Crippen molar-refractivity contribution in [2.45, 2.75) is 11.8 Å². The quantitative estimate of drug-likeness (QED) is 0.511. The maximum Gasteiger partial charge on any atom is 0.308 e. The van der Waals surface area contributed by atoms with Crippen molar-refractivity contribution in [1.82, 2.24) is 0 Å². The highest BCUT2D eigenvalue weighted by Crippen LogP contribution is 2.27. The summed E-state index contributed by atoms with van der Waals surface area (Å²) in [6.07, 6.45) is 0. The Balaban J connectivity index is 2.64. The number of esters is 1. The molecule has 5 nitrogen and oxygen atoms in total. The van der Waals surface area contributed by atoms with Crippen LogP contribution >= 0.6 is 0 Å². The van der Waals surface area contributed by atoms with Gasteiger partial charge in [0.05, 0.1) is 4.90 Å². The molecule has 0 heterocycles. The highest BCUT2D eigenvalue weighted by atomic mass is 32.2. The lowest BCUT2D eigenvalue weighted by molar-refractivity contribution is -0.131. The Morgan fingerprint density at radius 3 is 2.56 bits per heavy atom. The molecule has 0 radical (unpaired) electrons. The Morgan fingerprint density at radius 2 is 1.94 bits per heavy atom. The van der Waals surface area contributed by atoms with E-state index in [2.05, 4.69) is 0 Å². The summed E-state index contributed by atoms with van der Waals surface area (Å²) in [5, 5.41) is 1.16. The van der Waals surface area contributed by atoms with Gasteiger partial charge >= 0.3 is 5.97 Å². The lowest BCUT2D eigenvalue weighted by Crippen LogP contribution is -2.02. The molecule has 2 rings (SSSR count). The highest BCUT2D eigenvalue weighted by molar-refractivity contribution is 7.85. The second kappa shape index (κ2) is 4.40. The molecule has 0 saturated carbocycles. The summed E-state index contributed by atoms with van der Waals surface area (Å²) in [5.41, 5.74) is 0. The Labute approximate surface area is 104 Å². The molecule has 0 fully saturated rings. The van der Waals surface area contributed by atoms with Crippen LogP contribution in [0.3, 0.4) is 0 Å². The largest absolute Gasteiger partial charge is 0.426 e. The SMILES string of the molecule is CC(=O)Oc1cccc2cc(S(=O)(=O)O)ccc12. The van der Waals surface area contributed by atoms with E-state index >= 15 is 0 Å². The summed E-state index contributed by atoms with van der Waals surface area (Å²) in [6, 6.07) is 8.96. The fraction of sp³-hybridized carbons (Fsp3) is 0.0833. The molecule has 0 spiro atoms. The van der Waals surface area contributed by atoms with E-state index < -0.39 is 16.1 Å². The zero-order valence-electron chi connectivity index (χ0n) is 9.45. The summed E-state index contributed by atoms with van der Waals surface area (Å²) >= 11 is 0. The molecule has 2 aromatic carbocycles. The number of benzene rings is 2. The van der Waals surface area contributed by atoms with E-state index in [1.807, 2.05) is 0 Å². The van der Waals surface area contributed by atoms with Crippen LogP contribution in [0.25, 0.3) is 10.8 Å².